The van der Waals surface area contributed by atoms with E-state index in [1.165, 1.54) is 0 Å². The van der Waals surface area contributed by atoms with Crippen LogP contribution in [-0.2, 0) is 0 Å². The van der Waals surface area contributed by atoms with Crippen LogP contribution in [0.3, 0.4) is 0 Å². The summed E-state index contributed by atoms with van der Waals surface area (Å²) in [7, 11) is 0. The van der Waals surface area contributed by atoms with E-state index in [-0.39, 0.29) is 5.54 Å². The lowest BCUT2D eigenvalue weighted by Gasteiger charge is -2.25. The summed E-state index contributed by atoms with van der Waals surface area (Å²) >= 11 is 0. The van der Waals surface area contributed by atoms with Gasteiger partial charge >= 0.3 is 0 Å². The van der Waals surface area contributed by atoms with Gasteiger partial charge in [0.1, 0.15) is 0 Å². The molecule has 1 heteroatoms. The number of para-hydroxylation sites is 1. The van der Waals surface area contributed by atoms with Crippen molar-refractivity contribution in [2.45, 2.75) is 32.2 Å². The van der Waals surface area contributed by atoms with Gasteiger partial charge in [-0.2, -0.15) is 0 Å². The Morgan fingerprint density at radius 1 is 1.36 bits per heavy atom. The number of benzene rings is 1. The fourth-order valence-electron chi connectivity index (χ4n) is 1.51. The van der Waals surface area contributed by atoms with Crippen molar-refractivity contribution in [3.63, 3.8) is 0 Å². The fourth-order valence-corrected chi connectivity index (χ4v) is 1.51. The van der Waals surface area contributed by atoms with Crippen LogP contribution in [-0.4, -0.2) is 5.54 Å². The third-order valence-corrected chi connectivity index (χ3v) is 2.26. The van der Waals surface area contributed by atoms with Crippen molar-refractivity contribution in [1.29, 1.82) is 0 Å². The lowest BCUT2D eigenvalue weighted by Crippen LogP contribution is -2.32. The van der Waals surface area contributed by atoms with E-state index in [4.69, 9.17) is 6.42 Å². The molecule has 1 aromatic carbocycles. The van der Waals surface area contributed by atoms with Crippen molar-refractivity contribution in [2.75, 3.05) is 5.32 Å². The Hall–Kier alpha value is -1.42. The van der Waals surface area contributed by atoms with Crippen LogP contribution in [0.25, 0.3) is 0 Å². The lowest BCUT2D eigenvalue weighted by molar-refractivity contribution is 0.586. The molecule has 1 atom stereocenters. The Morgan fingerprint density at radius 3 is 2.50 bits per heavy atom. The van der Waals surface area contributed by atoms with Crippen LogP contribution in [0, 0.1) is 12.3 Å². The quantitative estimate of drug-likeness (QED) is 0.713. The van der Waals surface area contributed by atoms with Gasteiger partial charge in [0.05, 0.1) is 5.54 Å². The summed E-state index contributed by atoms with van der Waals surface area (Å²) in [5, 5.41) is 3.37. The molecular weight excluding hydrogens is 170 g/mol. The Labute approximate surface area is 86.5 Å². The molecule has 0 radical (unpaired) electrons. The number of hydrogen-bond acceptors (Lipinski definition) is 1. The highest BCUT2D eigenvalue weighted by Crippen LogP contribution is 2.18. The Bertz CT molecular complexity index is 310. The number of hydrogen-bond donors (Lipinski definition) is 1. The molecule has 0 aromatic heterocycles. The van der Waals surface area contributed by atoms with Crippen LogP contribution < -0.4 is 5.32 Å². The third-order valence-electron chi connectivity index (χ3n) is 2.26. The predicted molar refractivity (Wildman–Crippen MR) is 62.2 cm³/mol. The van der Waals surface area contributed by atoms with Gasteiger partial charge in [-0.15, -0.1) is 6.42 Å². The van der Waals surface area contributed by atoms with Crippen LogP contribution in [0.1, 0.15) is 26.7 Å². The molecular formula is C13H17N. The second-order valence-electron chi connectivity index (χ2n) is 3.72. The van der Waals surface area contributed by atoms with Crippen molar-refractivity contribution in [2.24, 2.45) is 0 Å². The van der Waals surface area contributed by atoms with Crippen molar-refractivity contribution in [1.82, 2.24) is 0 Å². The molecule has 1 aromatic rings. The standard InChI is InChI=1S/C13H17N/c1-4-11-13(3,5-2)14-12-9-7-6-8-10-12/h2,6-10,14H,4,11H2,1,3H3. The maximum absolute atomic E-state index is 5.53. The summed E-state index contributed by atoms with van der Waals surface area (Å²) in [6.07, 6.45) is 7.60. The molecule has 1 rings (SSSR count). The van der Waals surface area contributed by atoms with Crippen LogP contribution in [0.15, 0.2) is 30.3 Å². The van der Waals surface area contributed by atoms with E-state index in [2.05, 4.69) is 25.1 Å². The van der Waals surface area contributed by atoms with Crippen LogP contribution in [0.5, 0.6) is 0 Å². The summed E-state index contributed by atoms with van der Waals surface area (Å²) in [6, 6.07) is 10.1. The van der Waals surface area contributed by atoms with Crippen LogP contribution >= 0.6 is 0 Å². The summed E-state index contributed by atoms with van der Waals surface area (Å²) < 4.78 is 0. The zero-order valence-corrected chi connectivity index (χ0v) is 8.88. The molecule has 1 N–H and O–H groups in total. The molecule has 0 aliphatic carbocycles. The Balaban J connectivity index is 2.72. The van der Waals surface area contributed by atoms with Gasteiger partial charge < -0.3 is 5.32 Å². The molecule has 0 saturated heterocycles. The number of nitrogens with one attached hydrogen (secondary N) is 1. The number of rotatable bonds is 4. The zero-order chi connectivity index (χ0) is 10.4. The monoisotopic (exact) mass is 187 g/mol. The largest absolute Gasteiger partial charge is 0.369 e. The maximum Gasteiger partial charge on any atom is 0.0955 e. The molecule has 0 saturated carbocycles. The fraction of sp³-hybridized carbons (Fsp3) is 0.385. The molecule has 1 nitrogen and oxygen atoms in total. The smallest absolute Gasteiger partial charge is 0.0955 e. The first kappa shape index (κ1) is 10.7. The third kappa shape index (κ3) is 2.81. The van der Waals surface area contributed by atoms with Gasteiger partial charge in [0.15, 0.2) is 0 Å². The van der Waals surface area contributed by atoms with Gasteiger partial charge in [-0.3, -0.25) is 0 Å². The van der Waals surface area contributed by atoms with Gasteiger partial charge in [-0.05, 0) is 25.5 Å². The minimum atomic E-state index is -0.226. The van der Waals surface area contributed by atoms with Crippen LogP contribution in [0.2, 0.25) is 0 Å². The molecule has 1 unspecified atom stereocenters. The average Bonchev–Trinajstić information content (AvgIpc) is 2.20. The molecule has 0 aliphatic rings. The number of anilines is 1. The summed E-state index contributed by atoms with van der Waals surface area (Å²) in [4.78, 5) is 0. The minimum Gasteiger partial charge on any atom is -0.369 e. The molecule has 0 heterocycles. The molecule has 0 spiro atoms. The molecule has 0 aliphatic heterocycles. The van der Waals surface area contributed by atoms with Crippen molar-refractivity contribution >= 4 is 5.69 Å². The first-order valence-corrected chi connectivity index (χ1v) is 5.01. The van der Waals surface area contributed by atoms with Crippen LogP contribution in [0.4, 0.5) is 5.69 Å². The van der Waals surface area contributed by atoms with E-state index in [1.807, 2.05) is 30.3 Å². The van der Waals surface area contributed by atoms with Gasteiger partial charge in [0.2, 0.25) is 0 Å². The van der Waals surface area contributed by atoms with E-state index in [9.17, 15) is 0 Å². The Kier molecular flexibility index (Phi) is 3.59. The first-order chi connectivity index (χ1) is 6.70. The van der Waals surface area contributed by atoms with Crippen molar-refractivity contribution in [3.8, 4) is 12.3 Å². The van der Waals surface area contributed by atoms with Crippen molar-refractivity contribution < 1.29 is 0 Å². The SMILES string of the molecule is C#CC(C)(CCC)Nc1ccccc1. The second kappa shape index (κ2) is 4.72. The van der Waals surface area contributed by atoms with Gasteiger partial charge in [-0.1, -0.05) is 37.5 Å². The Morgan fingerprint density at radius 2 is 2.00 bits per heavy atom. The second-order valence-corrected chi connectivity index (χ2v) is 3.72. The predicted octanol–water partition coefficient (Wildman–Crippen LogP) is 3.29. The average molecular weight is 187 g/mol. The summed E-state index contributed by atoms with van der Waals surface area (Å²) in [5.74, 6) is 2.82. The molecule has 0 fully saturated rings. The highest BCUT2D eigenvalue weighted by Gasteiger charge is 2.18. The van der Waals surface area contributed by atoms with Gasteiger partial charge in [-0.25, -0.2) is 0 Å². The highest BCUT2D eigenvalue weighted by molar-refractivity contribution is 5.47. The molecule has 0 bridgehead atoms. The van der Waals surface area contributed by atoms with E-state index < -0.39 is 0 Å². The highest BCUT2D eigenvalue weighted by atomic mass is 15.0. The molecule has 0 amide bonds. The maximum atomic E-state index is 5.53. The molecule has 74 valence electrons. The van der Waals surface area contributed by atoms with Gasteiger partial charge in [0, 0.05) is 5.69 Å². The normalized spacial score (nSPS) is 14.1. The molecule has 14 heavy (non-hydrogen) atoms. The van der Waals surface area contributed by atoms with E-state index in [1.54, 1.807) is 0 Å². The first-order valence-electron chi connectivity index (χ1n) is 5.01. The summed E-state index contributed by atoms with van der Waals surface area (Å²) in [6.45, 7) is 4.20. The van der Waals surface area contributed by atoms with E-state index in [0.717, 1.165) is 18.5 Å². The van der Waals surface area contributed by atoms with E-state index >= 15 is 0 Å². The number of terminal acetylenes is 1. The lowest BCUT2D eigenvalue weighted by atomic mass is 9.97. The van der Waals surface area contributed by atoms with Gasteiger partial charge in [0.25, 0.3) is 0 Å². The minimum absolute atomic E-state index is 0.226. The summed E-state index contributed by atoms with van der Waals surface area (Å²) in [5.41, 5.74) is 0.859. The van der Waals surface area contributed by atoms with E-state index in [0.29, 0.717) is 0 Å². The zero-order valence-electron chi connectivity index (χ0n) is 8.88. The van der Waals surface area contributed by atoms with Crippen molar-refractivity contribution in [3.05, 3.63) is 30.3 Å². The topological polar surface area (TPSA) is 12.0 Å².